The molecule has 7 heteroatoms. The Morgan fingerprint density at radius 3 is 2.67 bits per heavy atom. The summed E-state index contributed by atoms with van der Waals surface area (Å²) in [5, 5.41) is 14.1. The molecule has 0 spiro atoms. The Kier molecular flexibility index (Phi) is 4.77. The van der Waals surface area contributed by atoms with Gasteiger partial charge >= 0.3 is 0 Å². The lowest BCUT2D eigenvalue weighted by Gasteiger charge is -2.13. The van der Waals surface area contributed by atoms with Crippen LogP contribution in [0.15, 0.2) is 4.52 Å². The third-order valence-corrected chi connectivity index (χ3v) is 2.56. The Morgan fingerprint density at radius 1 is 1.50 bits per heavy atom. The maximum atomic E-state index is 12.7. The highest BCUT2D eigenvalue weighted by Crippen LogP contribution is 2.14. The van der Waals surface area contributed by atoms with Gasteiger partial charge in [0.05, 0.1) is 12.2 Å². The van der Waals surface area contributed by atoms with E-state index in [4.69, 9.17) is 9.63 Å². The number of carbonyl (C=O) groups is 1. The van der Waals surface area contributed by atoms with E-state index in [0.717, 1.165) is 5.56 Å². The van der Waals surface area contributed by atoms with E-state index < -0.39 is 25.0 Å². The van der Waals surface area contributed by atoms with E-state index >= 15 is 0 Å². The summed E-state index contributed by atoms with van der Waals surface area (Å²) in [7, 11) is 0. The van der Waals surface area contributed by atoms with Crippen LogP contribution < -0.4 is 5.32 Å². The molecule has 1 aromatic heterocycles. The Morgan fingerprint density at radius 2 is 2.17 bits per heavy atom. The summed E-state index contributed by atoms with van der Waals surface area (Å²) in [4.78, 5) is 11.3. The molecular weight excluding hydrogens is 246 g/mol. The van der Waals surface area contributed by atoms with Crippen molar-refractivity contribution in [2.24, 2.45) is 0 Å². The SMILES string of the molecule is Cc1noc(C)c1CCC(=O)NCC(F)(F)CO. The fourth-order valence-electron chi connectivity index (χ4n) is 1.47. The molecule has 0 aromatic carbocycles. The lowest BCUT2D eigenvalue weighted by molar-refractivity contribution is -0.124. The van der Waals surface area contributed by atoms with Gasteiger partial charge in [0, 0.05) is 12.0 Å². The average molecular weight is 262 g/mol. The highest BCUT2D eigenvalue weighted by Gasteiger charge is 2.28. The Hall–Kier alpha value is -1.50. The van der Waals surface area contributed by atoms with Crippen LogP contribution in [-0.2, 0) is 11.2 Å². The molecule has 18 heavy (non-hydrogen) atoms. The summed E-state index contributed by atoms with van der Waals surface area (Å²) >= 11 is 0. The minimum atomic E-state index is -3.28. The quantitative estimate of drug-likeness (QED) is 0.801. The van der Waals surface area contributed by atoms with Crippen molar-refractivity contribution in [2.45, 2.75) is 32.6 Å². The van der Waals surface area contributed by atoms with Gasteiger partial charge in [0.1, 0.15) is 12.4 Å². The van der Waals surface area contributed by atoms with Gasteiger partial charge < -0.3 is 14.9 Å². The first-order chi connectivity index (χ1) is 8.35. The first-order valence-electron chi connectivity index (χ1n) is 5.53. The second-order valence-corrected chi connectivity index (χ2v) is 4.09. The van der Waals surface area contributed by atoms with Crippen LogP contribution in [0.25, 0.3) is 0 Å². The van der Waals surface area contributed by atoms with Crippen LogP contribution in [0.5, 0.6) is 0 Å². The van der Waals surface area contributed by atoms with Crippen molar-refractivity contribution in [3.8, 4) is 0 Å². The standard InChI is InChI=1S/C11H16F2N2O3/c1-7-9(8(2)18-15-7)3-4-10(17)14-5-11(12,13)6-16/h16H,3-6H2,1-2H3,(H,14,17). The summed E-state index contributed by atoms with van der Waals surface area (Å²) in [6, 6.07) is 0. The van der Waals surface area contributed by atoms with Crippen molar-refractivity contribution < 1.29 is 23.2 Å². The number of hydrogen-bond acceptors (Lipinski definition) is 4. The third kappa shape index (κ3) is 4.06. The molecule has 0 radical (unpaired) electrons. The van der Waals surface area contributed by atoms with Gasteiger partial charge in [0.15, 0.2) is 0 Å². The van der Waals surface area contributed by atoms with Gasteiger partial charge in [0.2, 0.25) is 5.91 Å². The van der Waals surface area contributed by atoms with Gasteiger partial charge in [-0.15, -0.1) is 0 Å². The molecule has 0 saturated heterocycles. The van der Waals surface area contributed by atoms with Crippen molar-refractivity contribution in [3.63, 3.8) is 0 Å². The summed E-state index contributed by atoms with van der Waals surface area (Å²) in [5.74, 6) is -3.15. The third-order valence-electron chi connectivity index (χ3n) is 2.56. The highest BCUT2D eigenvalue weighted by molar-refractivity contribution is 5.76. The minimum Gasteiger partial charge on any atom is -0.390 e. The summed E-state index contributed by atoms with van der Waals surface area (Å²) in [6.07, 6.45) is 0.460. The molecule has 2 N–H and O–H groups in total. The number of nitrogens with zero attached hydrogens (tertiary/aromatic N) is 1. The zero-order chi connectivity index (χ0) is 13.8. The number of aryl methyl sites for hydroxylation is 2. The Bertz CT molecular complexity index is 399. The van der Waals surface area contributed by atoms with Gasteiger partial charge in [-0.05, 0) is 20.3 Å². The van der Waals surface area contributed by atoms with Crippen molar-refractivity contribution in [1.29, 1.82) is 0 Å². The number of rotatable bonds is 6. The number of aliphatic hydroxyl groups excluding tert-OH is 1. The molecule has 0 aliphatic heterocycles. The molecule has 5 nitrogen and oxygen atoms in total. The van der Waals surface area contributed by atoms with Crippen LogP contribution in [0, 0.1) is 13.8 Å². The number of hydrogen-bond donors (Lipinski definition) is 2. The molecule has 1 rings (SSSR count). The van der Waals surface area contributed by atoms with Crippen LogP contribution in [-0.4, -0.2) is 35.2 Å². The number of nitrogens with one attached hydrogen (secondary N) is 1. The molecule has 0 unspecified atom stereocenters. The lowest BCUT2D eigenvalue weighted by Crippen LogP contribution is -2.39. The van der Waals surface area contributed by atoms with Crippen LogP contribution in [0.3, 0.4) is 0 Å². The molecule has 0 saturated carbocycles. The molecule has 1 heterocycles. The number of aromatic nitrogens is 1. The number of aliphatic hydroxyl groups is 1. The molecular formula is C11H16F2N2O3. The summed E-state index contributed by atoms with van der Waals surface area (Å²) in [6.45, 7) is 1.35. The van der Waals surface area contributed by atoms with E-state index in [-0.39, 0.29) is 6.42 Å². The van der Waals surface area contributed by atoms with Crippen LogP contribution in [0.4, 0.5) is 8.78 Å². The highest BCUT2D eigenvalue weighted by atomic mass is 19.3. The monoisotopic (exact) mass is 262 g/mol. The van der Waals surface area contributed by atoms with E-state index in [1.807, 2.05) is 0 Å². The predicted octanol–water partition coefficient (Wildman–Crippen LogP) is 0.968. The van der Waals surface area contributed by atoms with Gasteiger partial charge in [-0.25, -0.2) is 8.78 Å². The topological polar surface area (TPSA) is 75.4 Å². The van der Waals surface area contributed by atoms with E-state index in [0.29, 0.717) is 17.9 Å². The summed E-state index contributed by atoms with van der Waals surface area (Å²) < 4.78 is 30.3. The smallest absolute Gasteiger partial charge is 0.287 e. The lowest BCUT2D eigenvalue weighted by atomic mass is 10.1. The molecule has 1 amide bonds. The predicted molar refractivity (Wildman–Crippen MR) is 59.3 cm³/mol. The molecule has 0 aliphatic carbocycles. The average Bonchev–Trinajstić information content (AvgIpc) is 2.64. The second kappa shape index (κ2) is 5.90. The van der Waals surface area contributed by atoms with Gasteiger partial charge in [-0.3, -0.25) is 4.79 Å². The summed E-state index contributed by atoms with van der Waals surface area (Å²) in [5.41, 5.74) is 1.51. The van der Waals surface area contributed by atoms with E-state index in [9.17, 15) is 13.6 Å². The van der Waals surface area contributed by atoms with Crippen molar-refractivity contribution in [2.75, 3.05) is 13.2 Å². The van der Waals surface area contributed by atoms with Crippen LogP contribution >= 0.6 is 0 Å². The fraction of sp³-hybridized carbons (Fsp3) is 0.636. The zero-order valence-electron chi connectivity index (χ0n) is 10.3. The van der Waals surface area contributed by atoms with Crippen LogP contribution in [0.2, 0.25) is 0 Å². The van der Waals surface area contributed by atoms with Gasteiger partial charge in [0.25, 0.3) is 5.92 Å². The Labute approximate surface area is 103 Å². The first kappa shape index (κ1) is 14.6. The molecule has 1 aromatic rings. The van der Waals surface area contributed by atoms with Crippen molar-refractivity contribution in [1.82, 2.24) is 10.5 Å². The number of carbonyl (C=O) groups excluding carboxylic acids is 1. The number of halogens is 2. The van der Waals surface area contributed by atoms with Crippen LogP contribution in [0.1, 0.15) is 23.4 Å². The largest absolute Gasteiger partial charge is 0.390 e. The maximum absolute atomic E-state index is 12.7. The van der Waals surface area contributed by atoms with E-state index in [1.165, 1.54) is 0 Å². The molecule has 0 fully saturated rings. The normalized spacial score (nSPS) is 11.6. The fourth-order valence-corrected chi connectivity index (χ4v) is 1.47. The molecule has 0 bridgehead atoms. The number of alkyl halides is 2. The Balaban J connectivity index is 2.38. The zero-order valence-corrected chi connectivity index (χ0v) is 10.3. The molecule has 0 atom stereocenters. The number of amides is 1. The maximum Gasteiger partial charge on any atom is 0.287 e. The van der Waals surface area contributed by atoms with Gasteiger partial charge in [-0.2, -0.15) is 0 Å². The van der Waals surface area contributed by atoms with E-state index in [1.54, 1.807) is 13.8 Å². The minimum absolute atomic E-state index is 0.0738. The molecule has 0 aliphatic rings. The van der Waals surface area contributed by atoms with Crippen molar-refractivity contribution >= 4 is 5.91 Å². The first-order valence-corrected chi connectivity index (χ1v) is 5.53. The van der Waals surface area contributed by atoms with Gasteiger partial charge in [-0.1, -0.05) is 5.16 Å². The van der Waals surface area contributed by atoms with Crippen molar-refractivity contribution in [3.05, 3.63) is 17.0 Å². The second-order valence-electron chi connectivity index (χ2n) is 4.09. The van der Waals surface area contributed by atoms with E-state index in [2.05, 4.69) is 10.5 Å². The molecule has 102 valence electrons.